The summed E-state index contributed by atoms with van der Waals surface area (Å²) in [5.41, 5.74) is 3.49. The van der Waals surface area contributed by atoms with E-state index in [0.717, 1.165) is 22.7 Å². The second-order valence-electron chi connectivity index (χ2n) is 6.19. The Bertz CT molecular complexity index is 1040. The van der Waals surface area contributed by atoms with Crippen molar-refractivity contribution in [3.63, 3.8) is 0 Å². The van der Waals surface area contributed by atoms with Crippen molar-refractivity contribution in [3.05, 3.63) is 121 Å². The Hall–Kier alpha value is -4.05. The number of azo groups is 2. The molecule has 0 bridgehead atoms. The summed E-state index contributed by atoms with van der Waals surface area (Å²) in [5, 5.41) is 16.4. The summed E-state index contributed by atoms with van der Waals surface area (Å²) in [6.07, 6.45) is 0. The molecule has 0 fully saturated rings. The van der Waals surface area contributed by atoms with Gasteiger partial charge in [0.05, 0.1) is 22.7 Å². The molecule has 33 heavy (non-hydrogen) atoms. The van der Waals surface area contributed by atoms with Gasteiger partial charge >= 0.3 is 10.4 Å². The minimum Gasteiger partial charge on any atom is -0.264 e. The Morgan fingerprint density at radius 2 is 0.545 bits per heavy atom. The third-order valence-electron chi connectivity index (χ3n) is 3.59. The molecule has 0 aliphatic carbocycles. The lowest BCUT2D eigenvalue weighted by atomic mass is 10.3. The van der Waals surface area contributed by atoms with Crippen LogP contribution in [-0.4, -0.2) is 17.5 Å². The van der Waals surface area contributed by atoms with Gasteiger partial charge in [0.2, 0.25) is 0 Å². The molecule has 0 amide bonds. The molecule has 0 aliphatic heterocycles. The summed E-state index contributed by atoms with van der Waals surface area (Å²) in [6.45, 7) is 0. The smallest absolute Gasteiger partial charge is 0.264 e. The fraction of sp³-hybridized carbons (Fsp3) is 0. The second kappa shape index (κ2) is 14.1. The number of hydrogen-bond acceptors (Lipinski definition) is 6. The van der Waals surface area contributed by atoms with E-state index in [1.165, 1.54) is 0 Å². The van der Waals surface area contributed by atoms with E-state index in [1.54, 1.807) is 0 Å². The van der Waals surface area contributed by atoms with Crippen LogP contribution in [0.2, 0.25) is 0 Å². The topological polar surface area (TPSA) is 124 Å². The number of hydrogen-bond donors (Lipinski definition) is 2. The molecule has 0 saturated carbocycles. The maximum atomic E-state index is 8.74. The molecule has 0 atom stereocenters. The van der Waals surface area contributed by atoms with E-state index >= 15 is 0 Å². The zero-order valence-corrected chi connectivity index (χ0v) is 18.3. The van der Waals surface area contributed by atoms with Crippen molar-refractivity contribution in [1.29, 1.82) is 0 Å². The standard InChI is InChI=1S/2C12H10N2.H2O4S/c2*1-3-7-11(8-4-1)13-14-12-9-5-2-6-10-12;1-5(2,3)4/h2*1-10H;(H2,1,2,3,4)/b2*14-13+;. The van der Waals surface area contributed by atoms with Gasteiger partial charge in [0.25, 0.3) is 0 Å². The Kier molecular flexibility index (Phi) is 10.8. The summed E-state index contributed by atoms with van der Waals surface area (Å²) in [7, 11) is -4.67. The average molecular weight is 463 g/mol. The van der Waals surface area contributed by atoms with Gasteiger partial charge in [0.1, 0.15) is 0 Å². The minimum absolute atomic E-state index is 0.872. The molecule has 4 aromatic rings. The highest BCUT2D eigenvalue weighted by molar-refractivity contribution is 7.79. The predicted molar refractivity (Wildman–Crippen MR) is 128 cm³/mol. The highest BCUT2D eigenvalue weighted by Gasteiger charge is 1.88. The molecule has 0 spiro atoms. The van der Waals surface area contributed by atoms with Crippen LogP contribution in [0, 0.1) is 0 Å². The van der Waals surface area contributed by atoms with Gasteiger partial charge in [-0.25, -0.2) is 0 Å². The van der Waals surface area contributed by atoms with Gasteiger partial charge in [0, 0.05) is 0 Å². The first-order valence-electron chi connectivity index (χ1n) is 9.64. The van der Waals surface area contributed by atoms with Crippen LogP contribution < -0.4 is 0 Å². The zero-order valence-electron chi connectivity index (χ0n) is 17.5. The maximum Gasteiger partial charge on any atom is 0.394 e. The van der Waals surface area contributed by atoms with Crippen LogP contribution in [-0.2, 0) is 10.4 Å². The van der Waals surface area contributed by atoms with E-state index in [4.69, 9.17) is 17.5 Å². The molecular formula is C24H22N4O4S. The van der Waals surface area contributed by atoms with Gasteiger partial charge < -0.3 is 0 Å². The lowest BCUT2D eigenvalue weighted by Gasteiger charge is -1.91. The van der Waals surface area contributed by atoms with Crippen molar-refractivity contribution in [1.82, 2.24) is 0 Å². The molecule has 0 aliphatic rings. The third kappa shape index (κ3) is 13.1. The van der Waals surface area contributed by atoms with E-state index < -0.39 is 10.4 Å². The molecular weight excluding hydrogens is 440 g/mol. The third-order valence-corrected chi connectivity index (χ3v) is 3.59. The summed E-state index contributed by atoms with van der Waals surface area (Å²) >= 11 is 0. The summed E-state index contributed by atoms with van der Waals surface area (Å²) in [4.78, 5) is 0. The molecule has 0 radical (unpaired) electrons. The normalized spacial score (nSPS) is 10.7. The first-order valence-corrected chi connectivity index (χ1v) is 11.0. The van der Waals surface area contributed by atoms with E-state index in [-0.39, 0.29) is 0 Å². The predicted octanol–water partition coefficient (Wildman–Crippen LogP) is 7.55. The molecule has 0 saturated heterocycles. The van der Waals surface area contributed by atoms with E-state index in [2.05, 4.69) is 20.5 Å². The quantitative estimate of drug-likeness (QED) is 0.240. The molecule has 0 aromatic heterocycles. The molecule has 168 valence electrons. The van der Waals surface area contributed by atoms with E-state index in [0.29, 0.717) is 0 Å². The lowest BCUT2D eigenvalue weighted by Crippen LogP contribution is -1.89. The fourth-order valence-electron chi connectivity index (χ4n) is 2.21. The highest BCUT2D eigenvalue weighted by atomic mass is 32.3. The minimum atomic E-state index is -4.67. The largest absolute Gasteiger partial charge is 0.394 e. The summed E-state index contributed by atoms with van der Waals surface area (Å²) in [6, 6.07) is 38.8. The number of benzene rings is 4. The van der Waals surface area contributed by atoms with Crippen LogP contribution in [0.1, 0.15) is 0 Å². The molecule has 2 N–H and O–H groups in total. The van der Waals surface area contributed by atoms with Gasteiger partial charge in [-0.3, -0.25) is 9.11 Å². The summed E-state index contributed by atoms with van der Waals surface area (Å²) < 4.78 is 31.6. The Morgan fingerprint density at radius 3 is 0.697 bits per heavy atom. The van der Waals surface area contributed by atoms with E-state index in [1.807, 2.05) is 121 Å². The van der Waals surface area contributed by atoms with Crippen LogP contribution in [0.15, 0.2) is 142 Å². The Balaban J connectivity index is 0.000000195. The van der Waals surface area contributed by atoms with Crippen LogP contribution in [0.4, 0.5) is 22.7 Å². The van der Waals surface area contributed by atoms with Gasteiger partial charge in [-0.2, -0.15) is 28.9 Å². The molecule has 0 unspecified atom stereocenters. The molecule has 8 nitrogen and oxygen atoms in total. The van der Waals surface area contributed by atoms with Gasteiger partial charge in [-0.1, -0.05) is 72.8 Å². The zero-order chi connectivity index (χ0) is 23.8. The van der Waals surface area contributed by atoms with E-state index in [9.17, 15) is 0 Å². The van der Waals surface area contributed by atoms with Crippen molar-refractivity contribution in [2.24, 2.45) is 20.5 Å². The van der Waals surface area contributed by atoms with Gasteiger partial charge in [-0.15, -0.1) is 0 Å². The molecule has 0 heterocycles. The van der Waals surface area contributed by atoms with Crippen LogP contribution in [0.25, 0.3) is 0 Å². The number of rotatable bonds is 4. The summed E-state index contributed by atoms with van der Waals surface area (Å²) in [5.74, 6) is 0. The first kappa shape index (κ1) is 25.2. The Morgan fingerprint density at radius 1 is 0.394 bits per heavy atom. The molecule has 9 heteroatoms. The van der Waals surface area contributed by atoms with Crippen LogP contribution in [0.3, 0.4) is 0 Å². The van der Waals surface area contributed by atoms with Gasteiger partial charge in [-0.05, 0) is 48.5 Å². The Labute approximate surface area is 192 Å². The first-order chi connectivity index (χ1) is 15.9. The van der Waals surface area contributed by atoms with Gasteiger partial charge in [0.15, 0.2) is 0 Å². The van der Waals surface area contributed by atoms with Crippen molar-refractivity contribution in [2.45, 2.75) is 0 Å². The van der Waals surface area contributed by atoms with Crippen molar-refractivity contribution in [2.75, 3.05) is 0 Å². The van der Waals surface area contributed by atoms with Crippen LogP contribution in [0.5, 0.6) is 0 Å². The SMILES string of the molecule is O=S(=O)(O)O.c1ccc(/N=N/c2ccccc2)cc1.c1ccc(/N=N/c2ccccc2)cc1. The second-order valence-corrected chi connectivity index (χ2v) is 7.09. The van der Waals surface area contributed by atoms with Crippen LogP contribution >= 0.6 is 0 Å². The van der Waals surface area contributed by atoms with Crippen molar-refractivity contribution < 1.29 is 17.5 Å². The highest BCUT2D eigenvalue weighted by Crippen LogP contribution is 2.17. The monoisotopic (exact) mass is 462 g/mol. The number of nitrogens with zero attached hydrogens (tertiary/aromatic N) is 4. The maximum absolute atomic E-state index is 8.74. The van der Waals surface area contributed by atoms with Crippen molar-refractivity contribution >= 4 is 33.1 Å². The molecule has 4 rings (SSSR count). The fourth-order valence-corrected chi connectivity index (χ4v) is 2.21. The average Bonchev–Trinajstić information content (AvgIpc) is 2.84. The van der Waals surface area contributed by atoms with Crippen molar-refractivity contribution in [3.8, 4) is 0 Å². The lowest BCUT2D eigenvalue weighted by molar-refractivity contribution is 0.381. The molecule has 4 aromatic carbocycles.